The lowest BCUT2D eigenvalue weighted by Gasteiger charge is -2.06. The average molecular weight is 429 g/mol. The van der Waals surface area contributed by atoms with Crippen molar-refractivity contribution in [1.82, 2.24) is 0 Å². The molecule has 0 fully saturated rings. The van der Waals surface area contributed by atoms with Gasteiger partial charge in [-0.15, -0.1) is 0 Å². The van der Waals surface area contributed by atoms with E-state index in [-0.39, 0.29) is 18.0 Å². The van der Waals surface area contributed by atoms with Crippen molar-refractivity contribution in [2.75, 3.05) is 0 Å². The maximum Gasteiger partial charge on any atom is 0.307 e. The molecule has 0 saturated carbocycles. The predicted octanol–water partition coefficient (Wildman–Crippen LogP) is 6.51. The van der Waals surface area contributed by atoms with E-state index in [9.17, 15) is 19.4 Å². The lowest BCUT2D eigenvalue weighted by molar-refractivity contribution is -0.135. The van der Waals surface area contributed by atoms with Crippen LogP contribution < -0.4 is 0 Å². The van der Waals surface area contributed by atoms with Gasteiger partial charge in [0.25, 0.3) is 0 Å². The summed E-state index contributed by atoms with van der Waals surface area (Å²) in [5.41, 5.74) is 7.51. The Labute approximate surface area is 187 Å². The summed E-state index contributed by atoms with van der Waals surface area (Å²) in [4.78, 5) is 11.3. The Hall–Kier alpha value is -3.66. The van der Waals surface area contributed by atoms with Gasteiger partial charge in [-0.05, 0) is 101 Å². The maximum absolute atomic E-state index is 13.8. The molecule has 2 N–H and O–H groups in total. The lowest BCUT2D eigenvalue weighted by Crippen LogP contribution is -1.97. The number of hydrogen-bond acceptors (Lipinski definition) is 2. The number of carboxylic acids is 1. The smallest absolute Gasteiger partial charge is 0.307 e. The molecule has 0 amide bonds. The number of fused-ring (bicyclic) bond motifs is 1. The van der Waals surface area contributed by atoms with Crippen molar-refractivity contribution in [1.29, 1.82) is 0 Å². The fraction of sp³-hybridized carbons (Fsp3) is 0.179. The number of phenolic OH excluding ortho intramolecular Hbond substituents is 1. The Morgan fingerprint density at radius 3 is 2.16 bits per heavy atom. The first kappa shape index (κ1) is 21.6. The lowest BCUT2D eigenvalue weighted by atomic mass is 9.99. The van der Waals surface area contributed by atoms with E-state index in [0.717, 1.165) is 41.5 Å². The minimum Gasteiger partial charge on any atom is -0.508 e. The minimum atomic E-state index is -0.924. The quantitative estimate of drug-likeness (QED) is 0.451. The van der Waals surface area contributed by atoms with Crippen molar-refractivity contribution in [2.24, 2.45) is 0 Å². The van der Waals surface area contributed by atoms with Crippen molar-refractivity contribution in [2.45, 2.75) is 32.6 Å². The van der Waals surface area contributed by atoms with Crippen molar-refractivity contribution < 1.29 is 19.4 Å². The molecule has 1 aliphatic rings. The van der Waals surface area contributed by atoms with Gasteiger partial charge in [-0.3, -0.25) is 4.79 Å². The summed E-state index contributed by atoms with van der Waals surface area (Å²) in [6.45, 7) is 1.90. The van der Waals surface area contributed by atoms with Gasteiger partial charge in [0.05, 0.1) is 6.42 Å². The van der Waals surface area contributed by atoms with Crippen molar-refractivity contribution >= 4 is 23.2 Å². The molecule has 3 aromatic carbocycles. The number of aromatic hydroxyl groups is 1. The van der Waals surface area contributed by atoms with Gasteiger partial charge in [0.1, 0.15) is 11.6 Å². The van der Waals surface area contributed by atoms with Crippen molar-refractivity contribution in [3.63, 3.8) is 0 Å². The monoisotopic (exact) mass is 428 g/mol. The summed E-state index contributed by atoms with van der Waals surface area (Å²) in [6, 6.07) is 20.2. The van der Waals surface area contributed by atoms with Crippen molar-refractivity contribution in [3.8, 4) is 5.75 Å². The van der Waals surface area contributed by atoms with Crippen LogP contribution in [0.4, 0.5) is 4.39 Å². The number of aryl methyl sites for hydroxylation is 2. The molecule has 0 unspecified atom stereocenters. The second-order valence-electron chi connectivity index (χ2n) is 8.18. The van der Waals surface area contributed by atoms with Crippen LogP contribution >= 0.6 is 0 Å². The molecule has 0 heterocycles. The highest BCUT2D eigenvalue weighted by atomic mass is 19.1. The third kappa shape index (κ3) is 4.80. The zero-order valence-corrected chi connectivity index (χ0v) is 17.9. The summed E-state index contributed by atoms with van der Waals surface area (Å²) in [5.74, 6) is -1.00. The highest BCUT2D eigenvalue weighted by Crippen LogP contribution is 2.43. The van der Waals surface area contributed by atoms with Crippen LogP contribution in [0.15, 0.2) is 72.3 Å². The van der Waals surface area contributed by atoms with E-state index in [1.54, 1.807) is 18.2 Å². The first-order valence-electron chi connectivity index (χ1n) is 10.7. The second-order valence-corrected chi connectivity index (χ2v) is 8.18. The SMILES string of the molecule is CC1=C(CC(=O)O)c2cc(F)ccc2/C1=C\c1ccc(CCCc2ccc(O)cc2)cc1. The number of aliphatic carboxylic acids is 1. The molecule has 0 aliphatic heterocycles. The number of carboxylic acid groups (broad SMARTS) is 1. The van der Waals surface area contributed by atoms with E-state index in [2.05, 4.69) is 24.3 Å². The van der Waals surface area contributed by atoms with Crippen LogP contribution in [0.3, 0.4) is 0 Å². The standard InChI is InChI=1S/C28H25FO3/c1-18-25(24-14-11-22(29)16-27(24)26(18)17-28(31)32)15-21-7-5-19(6-8-21)3-2-4-20-9-12-23(30)13-10-20/h5-16,30H,2-4,17H2,1H3,(H,31,32)/b25-15-. The number of hydrogen-bond donors (Lipinski definition) is 2. The maximum atomic E-state index is 13.8. The molecule has 0 saturated heterocycles. The Balaban J connectivity index is 1.50. The second kappa shape index (κ2) is 9.23. The van der Waals surface area contributed by atoms with Crippen LogP contribution in [0.25, 0.3) is 17.2 Å². The molecule has 0 spiro atoms. The molecule has 4 heteroatoms. The molecule has 162 valence electrons. The molecule has 0 aromatic heterocycles. The summed E-state index contributed by atoms with van der Waals surface area (Å²) >= 11 is 0. The van der Waals surface area contributed by atoms with E-state index in [4.69, 9.17) is 0 Å². The predicted molar refractivity (Wildman–Crippen MR) is 126 cm³/mol. The first-order chi connectivity index (χ1) is 15.4. The summed E-state index contributed by atoms with van der Waals surface area (Å²) in [7, 11) is 0. The molecule has 4 rings (SSSR count). The Morgan fingerprint density at radius 1 is 0.906 bits per heavy atom. The molecule has 3 nitrogen and oxygen atoms in total. The largest absolute Gasteiger partial charge is 0.508 e. The van der Waals surface area contributed by atoms with Crippen molar-refractivity contribution in [3.05, 3.63) is 106 Å². The molecule has 0 radical (unpaired) electrons. The fourth-order valence-electron chi connectivity index (χ4n) is 4.24. The molecule has 0 atom stereocenters. The zero-order valence-electron chi connectivity index (χ0n) is 17.9. The van der Waals surface area contributed by atoms with E-state index in [1.165, 1.54) is 23.3 Å². The van der Waals surface area contributed by atoms with Crippen LogP contribution in [0.1, 0.15) is 47.6 Å². The normalized spacial score (nSPS) is 14.1. The fourth-order valence-corrected chi connectivity index (χ4v) is 4.24. The number of allylic oxidation sites excluding steroid dienone is 2. The summed E-state index contributed by atoms with van der Waals surface area (Å²) in [5, 5.41) is 18.7. The van der Waals surface area contributed by atoms with Gasteiger partial charge in [0.2, 0.25) is 0 Å². The van der Waals surface area contributed by atoms with Crippen LogP contribution in [0, 0.1) is 5.82 Å². The van der Waals surface area contributed by atoms with Gasteiger partial charge < -0.3 is 10.2 Å². The zero-order chi connectivity index (χ0) is 22.7. The molecule has 32 heavy (non-hydrogen) atoms. The number of carbonyl (C=O) groups is 1. The Morgan fingerprint density at radius 2 is 1.53 bits per heavy atom. The molecule has 3 aromatic rings. The van der Waals surface area contributed by atoms with Gasteiger partial charge in [0.15, 0.2) is 0 Å². The highest BCUT2D eigenvalue weighted by molar-refractivity contribution is 6.07. The van der Waals surface area contributed by atoms with E-state index in [1.807, 2.05) is 25.1 Å². The highest BCUT2D eigenvalue weighted by Gasteiger charge is 2.25. The van der Waals surface area contributed by atoms with E-state index >= 15 is 0 Å². The average Bonchev–Trinajstić information content (AvgIpc) is 3.01. The van der Waals surface area contributed by atoms with E-state index in [0.29, 0.717) is 11.1 Å². The Kier molecular flexibility index (Phi) is 6.22. The van der Waals surface area contributed by atoms with Crippen LogP contribution in [0.5, 0.6) is 5.75 Å². The van der Waals surface area contributed by atoms with Crippen LogP contribution in [0.2, 0.25) is 0 Å². The molecular formula is C28H25FO3. The Bertz CT molecular complexity index is 1200. The topological polar surface area (TPSA) is 57.5 Å². The molecule has 0 bridgehead atoms. The van der Waals surface area contributed by atoms with Crippen LogP contribution in [-0.2, 0) is 17.6 Å². The first-order valence-corrected chi connectivity index (χ1v) is 10.7. The van der Waals surface area contributed by atoms with Gasteiger partial charge >= 0.3 is 5.97 Å². The number of phenols is 1. The van der Waals surface area contributed by atoms with Crippen LogP contribution in [-0.4, -0.2) is 16.2 Å². The number of benzene rings is 3. The summed E-state index contributed by atoms with van der Waals surface area (Å²) < 4.78 is 13.8. The number of halogens is 1. The minimum absolute atomic E-state index is 0.125. The third-order valence-electron chi connectivity index (χ3n) is 5.94. The van der Waals surface area contributed by atoms with Gasteiger partial charge in [0, 0.05) is 0 Å². The number of rotatable bonds is 7. The molecule has 1 aliphatic carbocycles. The molecular weight excluding hydrogens is 403 g/mol. The van der Waals surface area contributed by atoms with Gasteiger partial charge in [-0.1, -0.05) is 42.5 Å². The summed E-state index contributed by atoms with van der Waals surface area (Å²) in [6.07, 6.45) is 4.85. The van der Waals surface area contributed by atoms with Gasteiger partial charge in [-0.2, -0.15) is 0 Å². The van der Waals surface area contributed by atoms with E-state index < -0.39 is 5.97 Å². The third-order valence-corrected chi connectivity index (χ3v) is 5.94. The van der Waals surface area contributed by atoms with Gasteiger partial charge in [-0.25, -0.2) is 4.39 Å².